The van der Waals surface area contributed by atoms with Crippen LogP contribution in [0.4, 0.5) is 0 Å². The first-order valence-corrected chi connectivity index (χ1v) is 9.89. The number of hydrogen-bond acceptors (Lipinski definition) is 4. The summed E-state index contributed by atoms with van der Waals surface area (Å²) in [5.74, 6) is 0. The van der Waals surface area contributed by atoms with Crippen molar-refractivity contribution in [1.29, 1.82) is 0 Å². The molecule has 0 aliphatic heterocycles. The van der Waals surface area contributed by atoms with E-state index in [4.69, 9.17) is 5.73 Å². The van der Waals surface area contributed by atoms with E-state index in [0.29, 0.717) is 13.1 Å². The molecule has 0 heterocycles. The molecule has 0 saturated heterocycles. The Balaban J connectivity index is 2.97. The Morgan fingerprint density at radius 1 is 1.29 bits per heavy atom. The molecule has 0 atom stereocenters. The Labute approximate surface area is 132 Å². The van der Waals surface area contributed by atoms with Crippen LogP contribution in [0.2, 0.25) is 0 Å². The topological polar surface area (TPSA) is 72.2 Å². The van der Waals surface area contributed by atoms with Crippen LogP contribution in [0.1, 0.15) is 37.8 Å². The van der Waals surface area contributed by atoms with Gasteiger partial charge in [0.15, 0.2) is 0 Å². The minimum atomic E-state index is -3.49. The molecule has 1 rings (SSSR count). The second-order valence-corrected chi connectivity index (χ2v) is 8.25. The Morgan fingerprint density at radius 2 is 1.90 bits per heavy atom. The van der Waals surface area contributed by atoms with E-state index in [1.54, 1.807) is 30.0 Å². The van der Waals surface area contributed by atoms with E-state index >= 15 is 0 Å². The van der Waals surface area contributed by atoms with Crippen LogP contribution in [-0.4, -0.2) is 26.0 Å². The predicted octanol–water partition coefficient (Wildman–Crippen LogP) is 2.65. The van der Waals surface area contributed by atoms with E-state index < -0.39 is 10.0 Å². The van der Waals surface area contributed by atoms with Crippen molar-refractivity contribution in [2.75, 3.05) is 12.8 Å². The summed E-state index contributed by atoms with van der Waals surface area (Å²) in [6.07, 6.45) is 3.88. The highest BCUT2D eigenvalue weighted by Gasteiger charge is 2.27. The molecule has 0 amide bonds. The SMILES string of the molecule is CCC(CC)(CNS(=O)(=O)c1ccc(C)c(CN)c1)SC. The van der Waals surface area contributed by atoms with E-state index in [-0.39, 0.29) is 9.64 Å². The lowest BCUT2D eigenvalue weighted by molar-refractivity contribution is 0.522. The molecule has 0 radical (unpaired) electrons. The van der Waals surface area contributed by atoms with Gasteiger partial charge in [-0.25, -0.2) is 13.1 Å². The first-order valence-electron chi connectivity index (χ1n) is 7.18. The fourth-order valence-corrected chi connectivity index (χ4v) is 4.27. The maximum Gasteiger partial charge on any atom is 0.240 e. The number of aryl methyl sites for hydroxylation is 1. The molecule has 0 fully saturated rings. The minimum absolute atomic E-state index is 0.0472. The molecule has 1 aromatic rings. The van der Waals surface area contributed by atoms with Crippen LogP contribution in [-0.2, 0) is 16.6 Å². The monoisotopic (exact) mass is 330 g/mol. The molecule has 21 heavy (non-hydrogen) atoms. The fourth-order valence-electron chi connectivity index (χ4n) is 2.21. The second kappa shape index (κ2) is 7.63. The first kappa shape index (κ1) is 18.5. The number of rotatable bonds is 8. The summed E-state index contributed by atoms with van der Waals surface area (Å²) in [4.78, 5) is 0.288. The number of sulfonamides is 1. The number of nitrogens with one attached hydrogen (secondary N) is 1. The van der Waals surface area contributed by atoms with Gasteiger partial charge in [0.2, 0.25) is 10.0 Å². The van der Waals surface area contributed by atoms with Gasteiger partial charge in [0, 0.05) is 17.8 Å². The Kier molecular flexibility index (Phi) is 6.71. The summed E-state index contributed by atoms with van der Waals surface area (Å²) in [5, 5.41) is 0. The summed E-state index contributed by atoms with van der Waals surface area (Å²) in [6.45, 7) is 6.89. The molecule has 120 valence electrons. The Bertz CT molecular complexity index is 559. The van der Waals surface area contributed by atoms with Crippen LogP contribution in [0.15, 0.2) is 23.1 Å². The van der Waals surface area contributed by atoms with Gasteiger partial charge in [-0.3, -0.25) is 0 Å². The molecule has 1 aromatic carbocycles. The lowest BCUT2D eigenvalue weighted by Gasteiger charge is -2.29. The van der Waals surface area contributed by atoms with Crippen LogP contribution in [0, 0.1) is 6.92 Å². The molecule has 0 spiro atoms. The highest BCUT2D eigenvalue weighted by Crippen LogP contribution is 2.30. The molecular formula is C15H26N2O2S2. The summed E-state index contributed by atoms with van der Waals surface area (Å²) in [5.41, 5.74) is 7.52. The highest BCUT2D eigenvalue weighted by molar-refractivity contribution is 8.00. The molecule has 0 aliphatic rings. The van der Waals surface area contributed by atoms with Crippen molar-refractivity contribution in [3.8, 4) is 0 Å². The van der Waals surface area contributed by atoms with Crippen molar-refractivity contribution >= 4 is 21.8 Å². The van der Waals surface area contributed by atoms with E-state index in [2.05, 4.69) is 18.6 Å². The zero-order chi connectivity index (χ0) is 16.1. The molecular weight excluding hydrogens is 304 g/mol. The van der Waals surface area contributed by atoms with E-state index in [1.807, 2.05) is 13.2 Å². The highest BCUT2D eigenvalue weighted by atomic mass is 32.2. The lowest BCUT2D eigenvalue weighted by atomic mass is 10.0. The van der Waals surface area contributed by atoms with Crippen molar-refractivity contribution in [2.24, 2.45) is 5.73 Å². The molecule has 0 aromatic heterocycles. The predicted molar refractivity (Wildman–Crippen MR) is 91.1 cm³/mol. The standard InChI is InChI=1S/C15H26N2O2S2/c1-5-15(6-2,20-4)11-17-21(18,19)14-8-7-12(3)13(9-14)10-16/h7-9,17H,5-6,10-11,16H2,1-4H3. The molecule has 4 nitrogen and oxygen atoms in total. The average Bonchev–Trinajstić information content (AvgIpc) is 2.49. The van der Waals surface area contributed by atoms with Gasteiger partial charge < -0.3 is 5.73 Å². The second-order valence-electron chi connectivity index (χ2n) is 5.21. The van der Waals surface area contributed by atoms with Gasteiger partial charge in [0.1, 0.15) is 0 Å². The van der Waals surface area contributed by atoms with Crippen LogP contribution < -0.4 is 10.5 Å². The average molecular weight is 331 g/mol. The third kappa shape index (κ3) is 4.45. The van der Waals surface area contributed by atoms with Crippen molar-refractivity contribution in [3.63, 3.8) is 0 Å². The third-order valence-corrected chi connectivity index (χ3v) is 7.14. The molecule has 0 unspecified atom stereocenters. The van der Waals surface area contributed by atoms with Gasteiger partial charge >= 0.3 is 0 Å². The third-order valence-electron chi connectivity index (χ3n) is 4.16. The zero-order valence-electron chi connectivity index (χ0n) is 13.3. The normalized spacial score (nSPS) is 12.6. The molecule has 3 N–H and O–H groups in total. The van der Waals surface area contributed by atoms with Gasteiger partial charge in [-0.2, -0.15) is 11.8 Å². The van der Waals surface area contributed by atoms with Gasteiger partial charge in [0.05, 0.1) is 4.90 Å². The zero-order valence-corrected chi connectivity index (χ0v) is 14.9. The number of thioether (sulfide) groups is 1. The largest absolute Gasteiger partial charge is 0.326 e. The molecule has 0 bridgehead atoms. The Hall–Kier alpha value is -0.560. The Morgan fingerprint density at radius 3 is 2.38 bits per heavy atom. The maximum absolute atomic E-state index is 12.4. The van der Waals surface area contributed by atoms with Gasteiger partial charge in [-0.15, -0.1) is 0 Å². The number of benzene rings is 1. The van der Waals surface area contributed by atoms with E-state index in [0.717, 1.165) is 24.0 Å². The van der Waals surface area contributed by atoms with Gasteiger partial charge in [0.25, 0.3) is 0 Å². The van der Waals surface area contributed by atoms with Crippen LogP contribution in [0.3, 0.4) is 0 Å². The first-order chi connectivity index (χ1) is 9.84. The van der Waals surface area contributed by atoms with E-state index in [9.17, 15) is 8.42 Å². The quantitative estimate of drug-likeness (QED) is 0.768. The van der Waals surface area contributed by atoms with Crippen LogP contribution >= 0.6 is 11.8 Å². The summed E-state index contributed by atoms with van der Waals surface area (Å²) in [7, 11) is -3.49. The van der Waals surface area contributed by atoms with Crippen LogP contribution in [0.25, 0.3) is 0 Å². The van der Waals surface area contributed by atoms with Gasteiger partial charge in [-0.1, -0.05) is 19.9 Å². The molecule has 0 aliphatic carbocycles. The fraction of sp³-hybridized carbons (Fsp3) is 0.600. The van der Waals surface area contributed by atoms with Crippen molar-refractivity contribution < 1.29 is 8.42 Å². The van der Waals surface area contributed by atoms with Gasteiger partial charge in [-0.05, 0) is 49.3 Å². The minimum Gasteiger partial charge on any atom is -0.326 e. The molecule has 0 saturated carbocycles. The molecule has 6 heteroatoms. The summed E-state index contributed by atoms with van der Waals surface area (Å²) in [6, 6.07) is 5.10. The lowest BCUT2D eigenvalue weighted by Crippen LogP contribution is -2.39. The maximum atomic E-state index is 12.4. The van der Waals surface area contributed by atoms with Crippen molar-refractivity contribution in [1.82, 2.24) is 4.72 Å². The van der Waals surface area contributed by atoms with Crippen molar-refractivity contribution in [3.05, 3.63) is 29.3 Å². The summed E-state index contributed by atoms with van der Waals surface area (Å²) >= 11 is 1.72. The van der Waals surface area contributed by atoms with Crippen molar-refractivity contribution in [2.45, 2.75) is 49.8 Å². The summed E-state index contributed by atoms with van der Waals surface area (Å²) < 4.78 is 27.6. The van der Waals surface area contributed by atoms with Crippen LogP contribution in [0.5, 0.6) is 0 Å². The smallest absolute Gasteiger partial charge is 0.240 e. The number of hydrogen-bond donors (Lipinski definition) is 2. The number of nitrogens with two attached hydrogens (primary N) is 1. The van der Waals surface area contributed by atoms with E-state index in [1.165, 1.54) is 0 Å².